The maximum Gasteiger partial charge on any atom is 0.243 e. The molecule has 0 aliphatic carbocycles. The van der Waals surface area contributed by atoms with Crippen LogP contribution in [-0.2, 0) is 14.8 Å². The minimum Gasteiger partial charge on any atom is -0.351 e. The summed E-state index contributed by atoms with van der Waals surface area (Å²) in [6.07, 6.45) is 1.41. The van der Waals surface area contributed by atoms with Crippen molar-refractivity contribution in [2.45, 2.75) is 44.0 Å². The number of rotatable bonds is 3. The van der Waals surface area contributed by atoms with E-state index in [0.717, 1.165) is 4.47 Å². The quantitative estimate of drug-likeness (QED) is 0.844. The Hall–Kier alpha value is -0.920. The lowest BCUT2D eigenvalue weighted by molar-refractivity contribution is -0.127. The average molecular weight is 403 g/mol. The Morgan fingerprint density at radius 2 is 1.87 bits per heavy atom. The normalized spacial score (nSPS) is 20.3. The number of hydrogen-bond acceptors (Lipinski definition) is 3. The number of carbonyl (C=O) groups is 1. The third-order valence-electron chi connectivity index (χ3n) is 3.70. The first-order valence-electron chi connectivity index (χ1n) is 7.67. The van der Waals surface area contributed by atoms with Gasteiger partial charge < -0.3 is 5.32 Å². The minimum atomic E-state index is -3.56. The van der Waals surface area contributed by atoms with E-state index < -0.39 is 10.0 Å². The summed E-state index contributed by atoms with van der Waals surface area (Å²) in [5.74, 6) is -0.374. The van der Waals surface area contributed by atoms with E-state index in [4.69, 9.17) is 0 Å². The maximum absolute atomic E-state index is 12.7. The molecule has 2 rings (SSSR count). The zero-order chi connectivity index (χ0) is 17.3. The maximum atomic E-state index is 12.7. The van der Waals surface area contributed by atoms with Crippen molar-refractivity contribution in [1.29, 1.82) is 0 Å². The Bertz CT molecular complexity index is 666. The van der Waals surface area contributed by atoms with Gasteiger partial charge in [0.1, 0.15) is 0 Å². The number of nitrogens with one attached hydrogen (secondary N) is 1. The number of halogens is 1. The molecule has 0 saturated carbocycles. The number of carbonyl (C=O) groups excluding carboxylic acids is 1. The third-order valence-corrected chi connectivity index (χ3v) is 6.11. The molecule has 1 heterocycles. The van der Waals surface area contributed by atoms with Gasteiger partial charge in [-0.3, -0.25) is 4.79 Å². The zero-order valence-electron chi connectivity index (χ0n) is 13.7. The molecule has 1 aliphatic heterocycles. The van der Waals surface area contributed by atoms with Gasteiger partial charge >= 0.3 is 0 Å². The van der Waals surface area contributed by atoms with Crippen LogP contribution >= 0.6 is 15.9 Å². The van der Waals surface area contributed by atoms with Gasteiger partial charge in [-0.05, 0) is 57.9 Å². The van der Waals surface area contributed by atoms with Crippen LogP contribution in [0, 0.1) is 5.92 Å². The lowest BCUT2D eigenvalue weighted by Crippen LogP contribution is -2.49. The lowest BCUT2D eigenvalue weighted by atomic mass is 9.97. The highest BCUT2D eigenvalue weighted by molar-refractivity contribution is 9.10. The Labute approximate surface area is 146 Å². The Balaban J connectivity index is 2.14. The predicted octanol–water partition coefficient (Wildman–Crippen LogP) is 2.76. The van der Waals surface area contributed by atoms with Crippen molar-refractivity contribution in [2.24, 2.45) is 5.92 Å². The summed E-state index contributed by atoms with van der Waals surface area (Å²) in [7, 11) is -3.56. The molecule has 1 fully saturated rings. The van der Waals surface area contributed by atoms with E-state index in [0.29, 0.717) is 19.4 Å². The Morgan fingerprint density at radius 3 is 2.43 bits per heavy atom. The van der Waals surface area contributed by atoms with Gasteiger partial charge in [0.15, 0.2) is 0 Å². The summed E-state index contributed by atoms with van der Waals surface area (Å²) in [6, 6.07) is 6.58. The minimum absolute atomic E-state index is 0.0757. The summed E-state index contributed by atoms with van der Waals surface area (Å²) in [4.78, 5) is 12.6. The summed E-state index contributed by atoms with van der Waals surface area (Å²) in [5.41, 5.74) is -0.316. The number of hydrogen-bond donors (Lipinski definition) is 1. The molecule has 7 heteroatoms. The second kappa shape index (κ2) is 6.91. The van der Waals surface area contributed by atoms with Crippen LogP contribution in [0.4, 0.5) is 0 Å². The second-order valence-electron chi connectivity index (χ2n) is 6.90. The monoisotopic (exact) mass is 402 g/mol. The standard InChI is InChI=1S/C16H23BrN2O3S/c1-16(2,3)18-15(20)12-5-4-10-19(11-12)23(21,22)14-8-6-13(17)7-9-14/h6-9,12H,4-5,10-11H2,1-3H3,(H,18,20). The van der Waals surface area contributed by atoms with E-state index in [2.05, 4.69) is 21.2 Å². The number of nitrogens with zero attached hydrogens (tertiary/aromatic N) is 1. The van der Waals surface area contributed by atoms with Crippen LogP contribution in [0.1, 0.15) is 33.6 Å². The van der Waals surface area contributed by atoms with Gasteiger partial charge in [-0.1, -0.05) is 15.9 Å². The molecule has 0 aromatic heterocycles. The SMILES string of the molecule is CC(C)(C)NC(=O)C1CCCN(S(=O)(=O)c2ccc(Br)cc2)C1. The highest BCUT2D eigenvalue weighted by atomic mass is 79.9. The third kappa shape index (κ3) is 4.78. The van der Waals surface area contributed by atoms with Crippen molar-refractivity contribution in [3.63, 3.8) is 0 Å². The van der Waals surface area contributed by atoms with Gasteiger partial charge in [-0.15, -0.1) is 0 Å². The van der Waals surface area contributed by atoms with E-state index in [1.54, 1.807) is 24.3 Å². The van der Waals surface area contributed by atoms with Gasteiger partial charge in [0, 0.05) is 23.1 Å². The van der Waals surface area contributed by atoms with Crippen molar-refractivity contribution in [2.75, 3.05) is 13.1 Å². The van der Waals surface area contributed by atoms with Crippen LogP contribution in [0.15, 0.2) is 33.6 Å². The number of sulfonamides is 1. The van der Waals surface area contributed by atoms with Crippen molar-refractivity contribution in [3.8, 4) is 0 Å². The molecule has 1 aliphatic rings. The van der Waals surface area contributed by atoms with E-state index in [1.165, 1.54) is 4.31 Å². The fourth-order valence-corrected chi connectivity index (χ4v) is 4.39. The molecule has 5 nitrogen and oxygen atoms in total. The molecule has 1 aromatic rings. The van der Waals surface area contributed by atoms with Crippen LogP contribution in [0.5, 0.6) is 0 Å². The molecule has 1 amide bonds. The highest BCUT2D eigenvalue weighted by Crippen LogP contribution is 2.25. The molecule has 1 aromatic carbocycles. The van der Waals surface area contributed by atoms with Crippen molar-refractivity contribution < 1.29 is 13.2 Å². The molecule has 1 N–H and O–H groups in total. The van der Waals surface area contributed by atoms with Gasteiger partial charge in [0.25, 0.3) is 0 Å². The molecule has 1 unspecified atom stereocenters. The number of piperidine rings is 1. The molecule has 0 spiro atoms. The molecular weight excluding hydrogens is 380 g/mol. The summed E-state index contributed by atoms with van der Waals surface area (Å²) in [5, 5.41) is 2.94. The largest absolute Gasteiger partial charge is 0.351 e. The van der Waals surface area contributed by atoms with E-state index in [9.17, 15) is 13.2 Å². The molecule has 0 radical (unpaired) electrons. The van der Waals surface area contributed by atoms with Crippen molar-refractivity contribution >= 4 is 31.9 Å². The molecular formula is C16H23BrN2O3S. The molecule has 0 bridgehead atoms. The number of benzene rings is 1. The molecule has 128 valence electrons. The summed E-state index contributed by atoms with van der Waals surface area (Å²) < 4.78 is 27.7. The van der Waals surface area contributed by atoms with Gasteiger partial charge in [0.2, 0.25) is 15.9 Å². The average Bonchev–Trinajstić information content (AvgIpc) is 2.46. The van der Waals surface area contributed by atoms with Crippen molar-refractivity contribution in [1.82, 2.24) is 9.62 Å². The topological polar surface area (TPSA) is 66.5 Å². The fourth-order valence-electron chi connectivity index (χ4n) is 2.60. The molecule has 1 atom stereocenters. The van der Waals surface area contributed by atoms with Crippen LogP contribution in [0.3, 0.4) is 0 Å². The predicted molar refractivity (Wildman–Crippen MR) is 93.5 cm³/mol. The highest BCUT2D eigenvalue weighted by Gasteiger charge is 2.34. The summed E-state index contributed by atoms with van der Waals surface area (Å²) in [6.45, 7) is 6.45. The number of amides is 1. The van der Waals surface area contributed by atoms with E-state index in [-0.39, 0.29) is 28.8 Å². The zero-order valence-corrected chi connectivity index (χ0v) is 16.1. The van der Waals surface area contributed by atoms with Crippen LogP contribution in [0.2, 0.25) is 0 Å². The fraction of sp³-hybridized carbons (Fsp3) is 0.562. The Kier molecular flexibility index (Phi) is 5.53. The van der Waals surface area contributed by atoms with Crippen LogP contribution < -0.4 is 5.32 Å². The Morgan fingerprint density at radius 1 is 1.26 bits per heavy atom. The lowest BCUT2D eigenvalue weighted by Gasteiger charge is -2.33. The smallest absolute Gasteiger partial charge is 0.243 e. The first kappa shape index (κ1) is 18.4. The molecule has 1 saturated heterocycles. The summed E-state index contributed by atoms with van der Waals surface area (Å²) >= 11 is 3.30. The van der Waals surface area contributed by atoms with Crippen LogP contribution in [-0.4, -0.2) is 37.3 Å². The first-order valence-corrected chi connectivity index (χ1v) is 9.91. The van der Waals surface area contributed by atoms with Gasteiger partial charge in [-0.2, -0.15) is 4.31 Å². The van der Waals surface area contributed by atoms with Crippen molar-refractivity contribution in [3.05, 3.63) is 28.7 Å². The van der Waals surface area contributed by atoms with Gasteiger partial charge in [0.05, 0.1) is 10.8 Å². The van der Waals surface area contributed by atoms with Gasteiger partial charge in [-0.25, -0.2) is 8.42 Å². The van der Waals surface area contributed by atoms with Crippen LogP contribution in [0.25, 0.3) is 0 Å². The van der Waals surface area contributed by atoms with E-state index >= 15 is 0 Å². The first-order chi connectivity index (χ1) is 10.6. The van der Waals surface area contributed by atoms with E-state index in [1.807, 2.05) is 20.8 Å². The molecule has 23 heavy (non-hydrogen) atoms. The second-order valence-corrected chi connectivity index (χ2v) is 9.75.